The van der Waals surface area contributed by atoms with Crippen LogP contribution in [-0.2, 0) is 0 Å². The van der Waals surface area contributed by atoms with E-state index in [2.05, 4.69) is 45.0 Å². The number of hydrogen-bond donors (Lipinski definition) is 1. The molecule has 0 amide bonds. The van der Waals surface area contributed by atoms with Gasteiger partial charge in [-0.2, -0.15) is 0 Å². The minimum absolute atomic E-state index is 0.697. The summed E-state index contributed by atoms with van der Waals surface area (Å²) in [6, 6.07) is 1.47. The first-order valence-corrected chi connectivity index (χ1v) is 6.99. The zero-order valence-electron chi connectivity index (χ0n) is 11.8. The molecule has 96 valence electrons. The fourth-order valence-corrected chi connectivity index (χ4v) is 2.83. The van der Waals surface area contributed by atoms with Crippen molar-refractivity contribution in [2.45, 2.75) is 59.0 Å². The van der Waals surface area contributed by atoms with Crippen molar-refractivity contribution >= 4 is 0 Å². The standard InChI is InChI=1S/C14H30N2/c1-6-15-14-9-7-8-13(14)10-16(5)12(4)11(2)3/h11-15H,6-10H2,1-5H3. The maximum atomic E-state index is 3.64. The van der Waals surface area contributed by atoms with Gasteiger partial charge in [-0.1, -0.05) is 27.2 Å². The Morgan fingerprint density at radius 3 is 2.50 bits per heavy atom. The topological polar surface area (TPSA) is 15.3 Å². The van der Waals surface area contributed by atoms with Crippen molar-refractivity contribution in [3.8, 4) is 0 Å². The Bertz CT molecular complexity index is 191. The van der Waals surface area contributed by atoms with Gasteiger partial charge in [-0.05, 0) is 45.2 Å². The molecule has 3 atom stereocenters. The highest BCUT2D eigenvalue weighted by Gasteiger charge is 2.28. The summed E-state index contributed by atoms with van der Waals surface area (Å²) in [6.45, 7) is 11.6. The van der Waals surface area contributed by atoms with E-state index in [0.29, 0.717) is 6.04 Å². The second kappa shape index (κ2) is 6.61. The lowest BCUT2D eigenvalue weighted by atomic mass is 9.99. The highest BCUT2D eigenvalue weighted by molar-refractivity contribution is 4.85. The molecule has 0 aromatic heterocycles. The number of rotatable bonds is 6. The molecule has 1 rings (SSSR count). The fraction of sp³-hybridized carbons (Fsp3) is 1.00. The molecule has 2 nitrogen and oxygen atoms in total. The average Bonchev–Trinajstić information content (AvgIpc) is 2.65. The summed E-state index contributed by atoms with van der Waals surface area (Å²) < 4.78 is 0. The summed E-state index contributed by atoms with van der Waals surface area (Å²) in [5.41, 5.74) is 0. The van der Waals surface area contributed by atoms with Crippen LogP contribution in [0.4, 0.5) is 0 Å². The van der Waals surface area contributed by atoms with Crippen molar-refractivity contribution in [1.82, 2.24) is 10.2 Å². The number of nitrogens with one attached hydrogen (secondary N) is 1. The molecule has 0 aliphatic heterocycles. The van der Waals surface area contributed by atoms with Crippen molar-refractivity contribution in [3.63, 3.8) is 0 Å². The van der Waals surface area contributed by atoms with Crippen molar-refractivity contribution in [1.29, 1.82) is 0 Å². The number of nitrogens with zero attached hydrogens (tertiary/aromatic N) is 1. The second-order valence-corrected chi connectivity index (χ2v) is 5.78. The van der Waals surface area contributed by atoms with E-state index in [9.17, 15) is 0 Å². The smallest absolute Gasteiger partial charge is 0.0107 e. The van der Waals surface area contributed by atoms with Gasteiger partial charge < -0.3 is 10.2 Å². The molecule has 0 bridgehead atoms. The van der Waals surface area contributed by atoms with Crippen LogP contribution in [0.3, 0.4) is 0 Å². The Morgan fingerprint density at radius 2 is 1.94 bits per heavy atom. The van der Waals surface area contributed by atoms with E-state index in [0.717, 1.165) is 24.4 Å². The summed E-state index contributed by atoms with van der Waals surface area (Å²) in [4.78, 5) is 2.55. The van der Waals surface area contributed by atoms with E-state index in [4.69, 9.17) is 0 Å². The highest BCUT2D eigenvalue weighted by Crippen LogP contribution is 2.27. The molecule has 1 fully saturated rings. The fourth-order valence-electron chi connectivity index (χ4n) is 2.83. The molecular weight excluding hydrogens is 196 g/mol. The van der Waals surface area contributed by atoms with Crippen molar-refractivity contribution in [2.75, 3.05) is 20.1 Å². The summed E-state index contributed by atoms with van der Waals surface area (Å²) in [5.74, 6) is 1.62. The first kappa shape index (κ1) is 14.0. The first-order chi connectivity index (χ1) is 7.56. The van der Waals surface area contributed by atoms with Crippen molar-refractivity contribution in [3.05, 3.63) is 0 Å². The molecule has 1 N–H and O–H groups in total. The lowest BCUT2D eigenvalue weighted by molar-refractivity contribution is 0.169. The lowest BCUT2D eigenvalue weighted by Gasteiger charge is -2.32. The van der Waals surface area contributed by atoms with Crippen LogP contribution < -0.4 is 5.32 Å². The Hall–Kier alpha value is -0.0800. The quantitative estimate of drug-likeness (QED) is 0.749. The molecule has 1 aliphatic rings. The number of hydrogen-bond acceptors (Lipinski definition) is 2. The molecular formula is C14H30N2. The van der Waals surface area contributed by atoms with Crippen LogP contribution in [0.5, 0.6) is 0 Å². The molecule has 1 aliphatic carbocycles. The van der Waals surface area contributed by atoms with E-state index in [1.54, 1.807) is 0 Å². The van der Waals surface area contributed by atoms with E-state index in [-0.39, 0.29) is 0 Å². The van der Waals surface area contributed by atoms with Crippen LogP contribution in [0.25, 0.3) is 0 Å². The molecule has 3 unspecified atom stereocenters. The minimum Gasteiger partial charge on any atom is -0.314 e. The normalized spacial score (nSPS) is 27.9. The maximum absolute atomic E-state index is 3.64. The van der Waals surface area contributed by atoms with Crippen LogP contribution in [0.15, 0.2) is 0 Å². The van der Waals surface area contributed by atoms with Gasteiger partial charge in [0.15, 0.2) is 0 Å². The molecule has 0 aromatic rings. The van der Waals surface area contributed by atoms with Crippen molar-refractivity contribution < 1.29 is 0 Å². The van der Waals surface area contributed by atoms with E-state index in [1.165, 1.54) is 25.8 Å². The molecule has 0 heterocycles. The van der Waals surface area contributed by atoms with Crippen LogP contribution in [0.2, 0.25) is 0 Å². The van der Waals surface area contributed by atoms with Crippen LogP contribution in [0, 0.1) is 11.8 Å². The predicted octanol–water partition coefficient (Wildman–Crippen LogP) is 2.74. The molecule has 0 radical (unpaired) electrons. The third-order valence-electron chi connectivity index (χ3n) is 4.31. The molecule has 2 heteroatoms. The average molecular weight is 226 g/mol. The van der Waals surface area contributed by atoms with Gasteiger partial charge in [0.1, 0.15) is 0 Å². The first-order valence-electron chi connectivity index (χ1n) is 6.99. The van der Waals surface area contributed by atoms with E-state index in [1.807, 2.05) is 0 Å². The van der Waals surface area contributed by atoms with E-state index >= 15 is 0 Å². The molecule has 16 heavy (non-hydrogen) atoms. The minimum atomic E-state index is 0.697. The Kier molecular flexibility index (Phi) is 5.77. The Morgan fingerprint density at radius 1 is 1.25 bits per heavy atom. The van der Waals surface area contributed by atoms with Crippen LogP contribution >= 0.6 is 0 Å². The largest absolute Gasteiger partial charge is 0.314 e. The van der Waals surface area contributed by atoms with Gasteiger partial charge in [-0.3, -0.25) is 0 Å². The SMILES string of the molecule is CCNC1CCCC1CN(C)C(C)C(C)C. The third kappa shape index (κ3) is 3.74. The zero-order chi connectivity index (χ0) is 12.1. The van der Waals surface area contributed by atoms with Gasteiger partial charge in [-0.25, -0.2) is 0 Å². The maximum Gasteiger partial charge on any atom is 0.0107 e. The monoisotopic (exact) mass is 226 g/mol. The van der Waals surface area contributed by atoms with Gasteiger partial charge in [0.05, 0.1) is 0 Å². The summed E-state index contributed by atoms with van der Waals surface area (Å²) in [7, 11) is 2.28. The summed E-state index contributed by atoms with van der Waals surface area (Å²) in [5, 5.41) is 3.64. The molecule has 0 saturated heterocycles. The molecule has 0 aromatic carbocycles. The van der Waals surface area contributed by atoms with Crippen molar-refractivity contribution in [2.24, 2.45) is 11.8 Å². The predicted molar refractivity (Wildman–Crippen MR) is 71.7 cm³/mol. The van der Waals surface area contributed by atoms with Crippen LogP contribution in [-0.4, -0.2) is 37.1 Å². The van der Waals surface area contributed by atoms with E-state index < -0.39 is 0 Å². The Balaban J connectivity index is 2.40. The molecule has 0 spiro atoms. The third-order valence-corrected chi connectivity index (χ3v) is 4.31. The zero-order valence-corrected chi connectivity index (χ0v) is 11.8. The van der Waals surface area contributed by atoms with Crippen LogP contribution in [0.1, 0.15) is 47.0 Å². The lowest BCUT2D eigenvalue weighted by Crippen LogP contribution is -2.42. The summed E-state index contributed by atoms with van der Waals surface area (Å²) >= 11 is 0. The Labute approximate surface area is 102 Å². The summed E-state index contributed by atoms with van der Waals surface area (Å²) in [6.07, 6.45) is 4.20. The molecule has 1 saturated carbocycles. The second-order valence-electron chi connectivity index (χ2n) is 5.78. The van der Waals surface area contributed by atoms with Gasteiger partial charge in [0, 0.05) is 18.6 Å². The van der Waals surface area contributed by atoms with Gasteiger partial charge in [0.25, 0.3) is 0 Å². The van der Waals surface area contributed by atoms with Gasteiger partial charge in [0.2, 0.25) is 0 Å². The van der Waals surface area contributed by atoms with Gasteiger partial charge >= 0.3 is 0 Å². The highest BCUT2D eigenvalue weighted by atomic mass is 15.1. The van der Waals surface area contributed by atoms with Gasteiger partial charge in [-0.15, -0.1) is 0 Å².